The first-order valence-electron chi connectivity index (χ1n) is 9.10. The van der Waals surface area contributed by atoms with E-state index in [9.17, 15) is 4.79 Å². The Morgan fingerprint density at radius 3 is 2.82 bits per heavy atom. The lowest BCUT2D eigenvalue weighted by Gasteiger charge is -2.11. The normalized spacial score (nSPS) is 13.6. The number of ether oxygens (including phenoxy) is 1. The van der Waals surface area contributed by atoms with Gasteiger partial charge < -0.3 is 19.1 Å². The summed E-state index contributed by atoms with van der Waals surface area (Å²) < 4.78 is 12.5. The molecule has 4 rings (SSSR count). The number of amides is 1. The maximum atomic E-state index is 12.5. The molecule has 8 heteroatoms. The van der Waals surface area contributed by atoms with E-state index in [4.69, 9.17) is 20.9 Å². The number of hydrogen-bond acceptors (Lipinski definition) is 5. The molecule has 0 atom stereocenters. The fourth-order valence-electron chi connectivity index (χ4n) is 3.20. The fraction of sp³-hybridized carbons (Fsp3) is 0.350. The minimum atomic E-state index is -0.154. The second kappa shape index (κ2) is 7.31. The Labute approximate surface area is 167 Å². The predicted octanol–water partition coefficient (Wildman–Crippen LogP) is 4.33. The molecule has 0 saturated heterocycles. The number of nitrogens with zero attached hydrogens (tertiary/aromatic N) is 3. The van der Waals surface area contributed by atoms with E-state index in [1.54, 1.807) is 25.3 Å². The number of halogens is 1. The molecule has 1 aliphatic carbocycles. The lowest BCUT2D eigenvalue weighted by Crippen LogP contribution is -2.20. The maximum Gasteiger partial charge on any atom is 0.259 e. The number of methoxy groups -OCH3 is 1. The molecule has 1 saturated carbocycles. The highest BCUT2D eigenvalue weighted by molar-refractivity contribution is 6.32. The van der Waals surface area contributed by atoms with Crippen LogP contribution >= 0.6 is 11.6 Å². The van der Waals surface area contributed by atoms with Crippen molar-refractivity contribution in [1.82, 2.24) is 14.7 Å². The summed E-state index contributed by atoms with van der Waals surface area (Å²) in [5, 5.41) is 7.38. The largest absolute Gasteiger partial charge is 0.495 e. The van der Waals surface area contributed by atoms with E-state index in [0.717, 1.165) is 35.6 Å². The average Bonchev–Trinajstić information content (AvgIpc) is 3.34. The molecular weight excluding hydrogens is 380 g/mol. The third-order valence-electron chi connectivity index (χ3n) is 4.93. The second-order valence-electron chi connectivity index (χ2n) is 7.00. The molecule has 0 radical (unpaired) electrons. The van der Waals surface area contributed by atoms with E-state index < -0.39 is 0 Å². The van der Waals surface area contributed by atoms with E-state index in [2.05, 4.69) is 15.5 Å². The van der Waals surface area contributed by atoms with Gasteiger partial charge in [0.05, 0.1) is 17.7 Å². The number of aryl methyl sites for hydroxylation is 1. The van der Waals surface area contributed by atoms with E-state index in [1.807, 2.05) is 24.5 Å². The zero-order chi connectivity index (χ0) is 19.8. The van der Waals surface area contributed by atoms with Gasteiger partial charge in [-0.2, -0.15) is 4.98 Å². The van der Waals surface area contributed by atoms with Gasteiger partial charge in [0.25, 0.3) is 5.89 Å². The van der Waals surface area contributed by atoms with E-state index in [0.29, 0.717) is 28.3 Å². The van der Waals surface area contributed by atoms with Gasteiger partial charge in [0.2, 0.25) is 5.91 Å². The van der Waals surface area contributed by atoms with Crippen molar-refractivity contribution in [2.75, 3.05) is 12.4 Å². The van der Waals surface area contributed by atoms with Crippen molar-refractivity contribution >= 4 is 23.2 Å². The zero-order valence-corrected chi connectivity index (χ0v) is 16.7. The third-order valence-corrected chi connectivity index (χ3v) is 5.22. The fourth-order valence-corrected chi connectivity index (χ4v) is 3.46. The molecule has 1 amide bonds. The number of hydrogen-bond donors (Lipinski definition) is 1. The molecule has 28 heavy (non-hydrogen) atoms. The minimum absolute atomic E-state index is 0.154. The highest BCUT2D eigenvalue weighted by Crippen LogP contribution is 2.39. The summed E-state index contributed by atoms with van der Waals surface area (Å²) in [6, 6.07) is 7.10. The summed E-state index contributed by atoms with van der Waals surface area (Å²) in [6.07, 6.45) is 2.24. The first kappa shape index (κ1) is 18.6. The quantitative estimate of drug-likeness (QED) is 0.665. The Bertz CT molecular complexity index is 1040. The van der Waals surface area contributed by atoms with Crippen LogP contribution in [0.4, 0.5) is 5.69 Å². The number of aromatic nitrogens is 3. The van der Waals surface area contributed by atoms with Crippen molar-refractivity contribution < 1.29 is 14.1 Å². The summed E-state index contributed by atoms with van der Waals surface area (Å²) >= 11 is 6.12. The van der Waals surface area contributed by atoms with Gasteiger partial charge in [0.15, 0.2) is 5.82 Å². The second-order valence-corrected chi connectivity index (χ2v) is 7.41. The number of benzene rings is 1. The number of rotatable bonds is 6. The van der Waals surface area contributed by atoms with Crippen LogP contribution in [0.25, 0.3) is 11.5 Å². The Hall–Kier alpha value is -2.80. The molecule has 1 N–H and O–H groups in total. The van der Waals surface area contributed by atoms with Crippen LogP contribution in [0.2, 0.25) is 5.02 Å². The standard InChI is InChI=1S/C20H21ClN4O3/c1-11-8-15(20-23-19(24-28-20)13-4-5-13)12(2)25(11)10-18(26)22-14-6-7-17(27-3)16(21)9-14/h6-9,13H,4-5,10H2,1-3H3,(H,22,26). The topological polar surface area (TPSA) is 82.2 Å². The Morgan fingerprint density at radius 2 is 2.14 bits per heavy atom. The maximum absolute atomic E-state index is 12.5. The van der Waals surface area contributed by atoms with Gasteiger partial charge in [-0.25, -0.2) is 0 Å². The Balaban J connectivity index is 1.50. The van der Waals surface area contributed by atoms with Gasteiger partial charge >= 0.3 is 0 Å². The van der Waals surface area contributed by atoms with Crippen molar-refractivity contribution in [2.24, 2.45) is 0 Å². The number of anilines is 1. The summed E-state index contributed by atoms with van der Waals surface area (Å²) in [6.45, 7) is 4.07. The van der Waals surface area contributed by atoms with E-state index in [1.165, 1.54) is 0 Å². The van der Waals surface area contributed by atoms with Gasteiger partial charge in [-0.3, -0.25) is 4.79 Å². The molecule has 0 bridgehead atoms. The number of carbonyl (C=O) groups excluding carboxylic acids is 1. The first-order valence-corrected chi connectivity index (χ1v) is 9.48. The van der Waals surface area contributed by atoms with Crippen LogP contribution in [0.1, 0.15) is 36.0 Å². The molecule has 1 aromatic carbocycles. The van der Waals surface area contributed by atoms with Crippen LogP contribution < -0.4 is 10.1 Å². The van der Waals surface area contributed by atoms with Crippen LogP contribution in [-0.2, 0) is 11.3 Å². The minimum Gasteiger partial charge on any atom is -0.495 e. The van der Waals surface area contributed by atoms with Gasteiger partial charge in [-0.15, -0.1) is 0 Å². The van der Waals surface area contributed by atoms with Crippen molar-refractivity contribution in [3.63, 3.8) is 0 Å². The average molecular weight is 401 g/mol. The van der Waals surface area contributed by atoms with Crippen molar-refractivity contribution in [2.45, 2.75) is 39.2 Å². The van der Waals surface area contributed by atoms with E-state index >= 15 is 0 Å². The van der Waals surface area contributed by atoms with Gasteiger partial charge in [-0.1, -0.05) is 16.8 Å². The summed E-state index contributed by atoms with van der Waals surface area (Å²) in [5.41, 5.74) is 3.33. The van der Waals surface area contributed by atoms with Crippen LogP contribution in [0, 0.1) is 13.8 Å². The predicted molar refractivity (Wildman–Crippen MR) is 106 cm³/mol. The molecule has 1 aliphatic rings. The van der Waals surface area contributed by atoms with E-state index in [-0.39, 0.29) is 12.5 Å². The SMILES string of the molecule is COc1ccc(NC(=O)Cn2c(C)cc(-c3nc(C4CC4)no3)c2C)cc1Cl. The van der Waals surface area contributed by atoms with Crippen molar-refractivity contribution in [1.29, 1.82) is 0 Å². The van der Waals surface area contributed by atoms with Gasteiger partial charge in [0.1, 0.15) is 12.3 Å². The summed E-state index contributed by atoms with van der Waals surface area (Å²) in [4.78, 5) is 17.1. The van der Waals surface area contributed by atoms with Crippen LogP contribution in [0.5, 0.6) is 5.75 Å². The molecule has 0 aliphatic heterocycles. The smallest absolute Gasteiger partial charge is 0.259 e. The third kappa shape index (κ3) is 3.62. The number of nitrogens with one attached hydrogen (secondary N) is 1. The van der Waals surface area contributed by atoms with Crippen molar-refractivity contribution in [3.8, 4) is 17.2 Å². The lowest BCUT2D eigenvalue weighted by molar-refractivity contribution is -0.116. The summed E-state index contributed by atoms with van der Waals surface area (Å²) in [5.74, 6) is 2.12. The lowest BCUT2D eigenvalue weighted by atomic mass is 10.2. The summed E-state index contributed by atoms with van der Waals surface area (Å²) in [7, 11) is 1.55. The monoisotopic (exact) mass is 400 g/mol. The molecule has 7 nitrogen and oxygen atoms in total. The molecule has 2 heterocycles. The first-order chi connectivity index (χ1) is 13.5. The Morgan fingerprint density at radius 1 is 1.36 bits per heavy atom. The highest BCUT2D eigenvalue weighted by atomic mass is 35.5. The molecule has 146 valence electrons. The molecule has 2 aromatic heterocycles. The molecule has 0 unspecified atom stereocenters. The zero-order valence-electron chi connectivity index (χ0n) is 16.0. The van der Waals surface area contributed by atoms with Gasteiger partial charge in [0, 0.05) is 23.0 Å². The van der Waals surface area contributed by atoms with Crippen LogP contribution in [0.3, 0.4) is 0 Å². The van der Waals surface area contributed by atoms with Crippen molar-refractivity contribution in [3.05, 3.63) is 46.5 Å². The highest BCUT2D eigenvalue weighted by Gasteiger charge is 2.29. The molecular formula is C20H21ClN4O3. The molecule has 1 fully saturated rings. The molecule has 3 aromatic rings. The van der Waals surface area contributed by atoms with Crippen LogP contribution in [0.15, 0.2) is 28.8 Å². The van der Waals surface area contributed by atoms with Crippen LogP contribution in [-0.4, -0.2) is 27.7 Å². The molecule has 0 spiro atoms. The Kier molecular flexibility index (Phi) is 4.85. The van der Waals surface area contributed by atoms with Gasteiger partial charge in [-0.05, 0) is 51.0 Å². The number of carbonyl (C=O) groups is 1.